The molecule has 96 valence electrons. The fraction of sp³-hybridized carbons (Fsp3) is 0.917. The van der Waals surface area contributed by atoms with E-state index in [9.17, 15) is 9.90 Å². The van der Waals surface area contributed by atoms with E-state index in [1.165, 1.54) is 0 Å². The van der Waals surface area contributed by atoms with Gasteiger partial charge < -0.3 is 15.2 Å². The van der Waals surface area contributed by atoms with Gasteiger partial charge in [-0.25, -0.2) is 0 Å². The molecule has 0 atom stereocenters. The van der Waals surface area contributed by atoms with Crippen molar-refractivity contribution >= 4 is 5.91 Å². The zero-order valence-corrected chi connectivity index (χ0v) is 10.7. The van der Waals surface area contributed by atoms with Gasteiger partial charge in [0.15, 0.2) is 0 Å². The fourth-order valence-corrected chi connectivity index (χ4v) is 1.53. The molecule has 0 aromatic rings. The van der Waals surface area contributed by atoms with Crippen LogP contribution in [0, 0.1) is 5.41 Å². The minimum absolute atomic E-state index is 0.0387. The van der Waals surface area contributed by atoms with E-state index in [1.54, 1.807) is 7.11 Å². The molecule has 0 rings (SSSR count). The average Bonchev–Trinajstić information content (AvgIpc) is 2.32. The number of methoxy groups -OCH3 is 1. The molecule has 0 aromatic heterocycles. The summed E-state index contributed by atoms with van der Waals surface area (Å²) in [5, 5.41) is 12.2. The molecule has 1 amide bonds. The SMILES string of the molecule is CCC(CC)(CO)CNC(=O)CCCOC. The van der Waals surface area contributed by atoms with E-state index in [1.807, 2.05) is 13.8 Å². The molecule has 0 aromatic carbocycles. The first-order valence-electron chi connectivity index (χ1n) is 6.00. The summed E-state index contributed by atoms with van der Waals surface area (Å²) in [6, 6.07) is 0. The lowest BCUT2D eigenvalue weighted by molar-refractivity contribution is -0.122. The van der Waals surface area contributed by atoms with Crippen LogP contribution in [0.4, 0.5) is 0 Å². The first-order valence-corrected chi connectivity index (χ1v) is 6.00. The smallest absolute Gasteiger partial charge is 0.220 e. The molecule has 0 saturated carbocycles. The molecule has 0 spiro atoms. The standard InChI is InChI=1S/C12H25NO3/c1-4-12(5-2,10-14)9-13-11(15)7-6-8-16-3/h14H,4-10H2,1-3H3,(H,13,15). The molecule has 0 saturated heterocycles. The van der Waals surface area contributed by atoms with E-state index in [-0.39, 0.29) is 17.9 Å². The first kappa shape index (κ1) is 15.4. The summed E-state index contributed by atoms with van der Waals surface area (Å²) < 4.78 is 4.88. The number of carbonyl (C=O) groups excluding carboxylic acids is 1. The normalized spacial score (nSPS) is 11.5. The Labute approximate surface area is 98.4 Å². The Morgan fingerprint density at radius 2 is 2.00 bits per heavy atom. The molecule has 0 bridgehead atoms. The summed E-state index contributed by atoms with van der Waals surface area (Å²) in [5.74, 6) is 0.0387. The van der Waals surface area contributed by atoms with E-state index in [2.05, 4.69) is 5.32 Å². The van der Waals surface area contributed by atoms with Gasteiger partial charge in [-0.15, -0.1) is 0 Å². The quantitative estimate of drug-likeness (QED) is 0.589. The summed E-state index contributed by atoms with van der Waals surface area (Å²) in [6.07, 6.45) is 2.98. The largest absolute Gasteiger partial charge is 0.396 e. The second-order valence-corrected chi connectivity index (χ2v) is 4.24. The molecule has 0 aliphatic carbocycles. The number of aliphatic hydroxyl groups is 1. The van der Waals surface area contributed by atoms with Gasteiger partial charge in [0.25, 0.3) is 0 Å². The third-order valence-electron chi connectivity index (χ3n) is 3.25. The average molecular weight is 231 g/mol. The second kappa shape index (κ2) is 8.53. The molecule has 0 fully saturated rings. The molecule has 16 heavy (non-hydrogen) atoms. The Bertz CT molecular complexity index is 182. The predicted octanol–water partition coefficient (Wildman–Crippen LogP) is 1.33. The summed E-state index contributed by atoms with van der Waals surface area (Å²) in [6.45, 7) is 5.37. The molecule has 0 heterocycles. The lowest BCUT2D eigenvalue weighted by atomic mass is 9.83. The summed E-state index contributed by atoms with van der Waals surface area (Å²) in [4.78, 5) is 11.5. The third-order valence-corrected chi connectivity index (χ3v) is 3.25. The summed E-state index contributed by atoms with van der Waals surface area (Å²) >= 11 is 0. The van der Waals surface area contributed by atoms with Crippen LogP contribution in [-0.2, 0) is 9.53 Å². The van der Waals surface area contributed by atoms with E-state index in [0.29, 0.717) is 19.6 Å². The number of rotatable bonds is 9. The Morgan fingerprint density at radius 3 is 2.44 bits per heavy atom. The molecule has 0 radical (unpaired) electrons. The van der Waals surface area contributed by atoms with Crippen molar-refractivity contribution in [1.29, 1.82) is 0 Å². The molecule has 0 aliphatic heterocycles. The lowest BCUT2D eigenvalue weighted by Gasteiger charge is -2.29. The van der Waals surface area contributed by atoms with Gasteiger partial charge in [0, 0.05) is 32.1 Å². The van der Waals surface area contributed by atoms with Crippen LogP contribution in [0.5, 0.6) is 0 Å². The molecular formula is C12H25NO3. The minimum atomic E-state index is -0.156. The monoisotopic (exact) mass is 231 g/mol. The van der Waals surface area contributed by atoms with E-state index >= 15 is 0 Å². The van der Waals surface area contributed by atoms with Crippen molar-refractivity contribution in [3.63, 3.8) is 0 Å². The zero-order valence-electron chi connectivity index (χ0n) is 10.7. The topological polar surface area (TPSA) is 58.6 Å². The Kier molecular flexibility index (Phi) is 8.21. The summed E-state index contributed by atoms with van der Waals surface area (Å²) in [7, 11) is 1.63. The Balaban J connectivity index is 3.87. The highest BCUT2D eigenvalue weighted by molar-refractivity contribution is 5.75. The lowest BCUT2D eigenvalue weighted by Crippen LogP contribution is -2.39. The Morgan fingerprint density at radius 1 is 1.38 bits per heavy atom. The highest BCUT2D eigenvalue weighted by Gasteiger charge is 2.25. The van der Waals surface area contributed by atoms with Gasteiger partial charge in [0.1, 0.15) is 0 Å². The molecule has 2 N–H and O–H groups in total. The minimum Gasteiger partial charge on any atom is -0.396 e. The number of aliphatic hydroxyl groups excluding tert-OH is 1. The van der Waals surface area contributed by atoms with Gasteiger partial charge >= 0.3 is 0 Å². The van der Waals surface area contributed by atoms with Gasteiger partial charge in [-0.2, -0.15) is 0 Å². The van der Waals surface area contributed by atoms with E-state index in [4.69, 9.17) is 4.74 Å². The first-order chi connectivity index (χ1) is 7.64. The van der Waals surface area contributed by atoms with Crippen LogP contribution in [0.25, 0.3) is 0 Å². The predicted molar refractivity (Wildman–Crippen MR) is 64.2 cm³/mol. The van der Waals surface area contributed by atoms with Gasteiger partial charge in [-0.1, -0.05) is 13.8 Å². The van der Waals surface area contributed by atoms with Crippen LogP contribution >= 0.6 is 0 Å². The van der Waals surface area contributed by atoms with Crippen LogP contribution in [0.15, 0.2) is 0 Å². The molecular weight excluding hydrogens is 206 g/mol. The van der Waals surface area contributed by atoms with Crippen molar-refractivity contribution < 1.29 is 14.6 Å². The van der Waals surface area contributed by atoms with Crippen molar-refractivity contribution in [2.24, 2.45) is 5.41 Å². The molecule has 4 nitrogen and oxygen atoms in total. The van der Waals surface area contributed by atoms with E-state index in [0.717, 1.165) is 19.3 Å². The van der Waals surface area contributed by atoms with Gasteiger partial charge in [-0.05, 0) is 19.3 Å². The van der Waals surface area contributed by atoms with Gasteiger partial charge in [0.05, 0.1) is 6.61 Å². The van der Waals surface area contributed by atoms with Crippen LogP contribution in [-0.4, -0.2) is 37.9 Å². The fourth-order valence-electron chi connectivity index (χ4n) is 1.53. The van der Waals surface area contributed by atoms with Crippen LogP contribution in [0.3, 0.4) is 0 Å². The van der Waals surface area contributed by atoms with Crippen LogP contribution < -0.4 is 5.32 Å². The summed E-state index contributed by atoms with van der Waals surface area (Å²) in [5.41, 5.74) is -0.156. The molecule has 4 heteroatoms. The number of hydrogen-bond acceptors (Lipinski definition) is 3. The maximum Gasteiger partial charge on any atom is 0.220 e. The molecule has 0 aliphatic rings. The maximum absolute atomic E-state index is 11.5. The number of ether oxygens (including phenoxy) is 1. The number of carbonyl (C=O) groups is 1. The maximum atomic E-state index is 11.5. The highest BCUT2D eigenvalue weighted by atomic mass is 16.5. The van der Waals surface area contributed by atoms with Gasteiger partial charge in [0.2, 0.25) is 5.91 Å². The number of hydrogen-bond donors (Lipinski definition) is 2. The number of nitrogens with one attached hydrogen (secondary N) is 1. The molecule has 0 unspecified atom stereocenters. The highest BCUT2D eigenvalue weighted by Crippen LogP contribution is 2.24. The number of amides is 1. The van der Waals surface area contributed by atoms with Crippen molar-refractivity contribution in [3.8, 4) is 0 Å². The Hall–Kier alpha value is -0.610. The van der Waals surface area contributed by atoms with Crippen LogP contribution in [0.1, 0.15) is 39.5 Å². The van der Waals surface area contributed by atoms with Gasteiger partial charge in [-0.3, -0.25) is 4.79 Å². The van der Waals surface area contributed by atoms with Crippen molar-refractivity contribution in [2.75, 3.05) is 26.9 Å². The van der Waals surface area contributed by atoms with Crippen molar-refractivity contribution in [3.05, 3.63) is 0 Å². The van der Waals surface area contributed by atoms with Crippen LogP contribution in [0.2, 0.25) is 0 Å². The van der Waals surface area contributed by atoms with E-state index < -0.39 is 0 Å². The van der Waals surface area contributed by atoms with Crippen molar-refractivity contribution in [2.45, 2.75) is 39.5 Å². The third kappa shape index (κ3) is 5.47. The second-order valence-electron chi connectivity index (χ2n) is 4.24. The van der Waals surface area contributed by atoms with Crippen molar-refractivity contribution in [1.82, 2.24) is 5.32 Å². The zero-order chi connectivity index (χ0) is 12.4.